The average molecular weight is 258 g/mol. The van der Waals surface area contributed by atoms with Crippen molar-refractivity contribution >= 4 is 0 Å². The van der Waals surface area contributed by atoms with Crippen LogP contribution in [0.5, 0.6) is 0 Å². The van der Waals surface area contributed by atoms with Gasteiger partial charge in [0.1, 0.15) is 12.1 Å². The van der Waals surface area contributed by atoms with Crippen LogP contribution in [0.1, 0.15) is 6.04 Å². The van der Waals surface area contributed by atoms with Crippen LogP contribution in [0.4, 0.5) is 4.39 Å². The standard InChI is InChI=1S/C10H11FN2O5/c11-10-6(7(16)4(3-14)18-10)8(10)13-5(15)1-2-12-9(13)17/h1-2,4,6-8,14,16H,3H2,(H,12,17)/t4-,6?,7?,8+,10?/m1/s1. The summed E-state index contributed by atoms with van der Waals surface area (Å²) in [5.74, 6) is -3.26. The summed E-state index contributed by atoms with van der Waals surface area (Å²) in [6.07, 6.45) is -1.09. The Morgan fingerprint density at radius 3 is 2.78 bits per heavy atom. The van der Waals surface area contributed by atoms with Gasteiger partial charge in [-0.3, -0.25) is 9.36 Å². The second-order valence-corrected chi connectivity index (χ2v) is 4.49. The lowest BCUT2D eigenvalue weighted by Gasteiger charge is -2.18. The number of H-pyrrole nitrogens is 1. The molecule has 1 saturated heterocycles. The van der Waals surface area contributed by atoms with E-state index in [1.807, 2.05) is 0 Å². The normalized spacial score (nSPS) is 41.7. The Kier molecular flexibility index (Phi) is 2.25. The van der Waals surface area contributed by atoms with Gasteiger partial charge in [-0.2, -0.15) is 0 Å². The number of rotatable bonds is 2. The summed E-state index contributed by atoms with van der Waals surface area (Å²) < 4.78 is 19.9. The van der Waals surface area contributed by atoms with Crippen LogP contribution >= 0.6 is 0 Å². The first-order chi connectivity index (χ1) is 8.50. The molecule has 98 valence electrons. The number of hydrogen-bond donors (Lipinski definition) is 3. The van der Waals surface area contributed by atoms with Crippen molar-refractivity contribution in [1.82, 2.24) is 9.55 Å². The van der Waals surface area contributed by atoms with Crippen LogP contribution in [0.3, 0.4) is 0 Å². The largest absolute Gasteiger partial charge is 0.394 e. The van der Waals surface area contributed by atoms with Crippen molar-refractivity contribution in [2.24, 2.45) is 5.92 Å². The summed E-state index contributed by atoms with van der Waals surface area (Å²) in [5.41, 5.74) is -1.42. The topological polar surface area (TPSA) is 105 Å². The van der Waals surface area contributed by atoms with Crippen molar-refractivity contribution in [1.29, 1.82) is 0 Å². The third-order valence-corrected chi connectivity index (χ3v) is 3.52. The first kappa shape index (κ1) is 11.6. The maximum absolute atomic E-state index is 14.3. The van der Waals surface area contributed by atoms with Gasteiger partial charge in [-0.15, -0.1) is 0 Å². The lowest BCUT2D eigenvalue weighted by atomic mass is 10.1. The van der Waals surface area contributed by atoms with E-state index in [9.17, 15) is 19.1 Å². The minimum absolute atomic E-state index is 0.518. The second kappa shape index (κ2) is 3.50. The summed E-state index contributed by atoms with van der Waals surface area (Å²) in [7, 11) is 0. The molecule has 7 nitrogen and oxygen atoms in total. The number of aliphatic hydroxyl groups is 2. The van der Waals surface area contributed by atoms with Gasteiger partial charge in [-0.05, 0) is 0 Å². The highest BCUT2D eigenvalue weighted by Crippen LogP contribution is 2.64. The minimum Gasteiger partial charge on any atom is -0.394 e. The van der Waals surface area contributed by atoms with E-state index in [2.05, 4.69) is 4.98 Å². The Balaban J connectivity index is 2.00. The molecular weight excluding hydrogens is 247 g/mol. The van der Waals surface area contributed by atoms with Gasteiger partial charge in [-0.25, -0.2) is 9.18 Å². The van der Waals surface area contributed by atoms with Crippen molar-refractivity contribution in [3.63, 3.8) is 0 Å². The van der Waals surface area contributed by atoms with Crippen LogP contribution in [0.2, 0.25) is 0 Å². The molecule has 0 spiro atoms. The molecule has 3 rings (SSSR count). The lowest BCUT2D eigenvalue weighted by Crippen LogP contribution is -2.39. The van der Waals surface area contributed by atoms with Gasteiger partial charge < -0.3 is 19.9 Å². The first-order valence-electron chi connectivity index (χ1n) is 5.46. The van der Waals surface area contributed by atoms with Gasteiger partial charge in [0.15, 0.2) is 0 Å². The van der Waals surface area contributed by atoms with Crippen LogP contribution in [0.15, 0.2) is 21.9 Å². The molecule has 5 atom stereocenters. The van der Waals surface area contributed by atoms with Gasteiger partial charge in [-0.1, -0.05) is 0 Å². The summed E-state index contributed by atoms with van der Waals surface area (Å²) in [4.78, 5) is 25.3. The maximum atomic E-state index is 14.3. The number of ether oxygens (including phenoxy) is 1. The number of nitrogens with zero attached hydrogens (tertiary/aromatic N) is 1. The van der Waals surface area contributed by atoms with Crippen LogP contribution in [0.25, 0.3) is 0 Å². The molecule has 0 aromatic carbocycles. The van der Waals surface area contributed by atoms with E-state index in [4.69, 9.17) is 9.84 Å². The fourth-order valence-corrected chi connectivity index (χ4v) is 2.62. The number of hydrogen-bond acceptors (Lipinski definition) is 5. The SMILES string of the molecule is O=c1cc[nH]c(=O)n1[C@H]1C2C(O)[C@@H](CO)OC21F. The van der Waals surface area contributed by atoms with E-state index in [0.717, 1.165) is 12.3 Å². The number of fused-ring (bicyclic) bond motifs is 1. The minimum atomic E-state index is -2.26. The van der Waals surface area contributed by atoms with Gasteiger partial charge in [0, 0.05) is 12.3 Å². The molecule has 2 aliphatic rings. The van der Waals surface area contributed by atoms with Crippen LogP contribution in [-0.4, -0.2) is 44.4 Å². The van der Waals surface area contributed by atoms with Crippen molar-refractivity contribution in [2.45, 2.75) is 24.1 Å². The summed E-state index contributed by atoms with van der Waals surface area (Å²) in [6.45, 7) is -0.518. The highest BCUT2D eigenvalue weighted by atomic mass is 19.2. The number of aliphatic hydroxyl groups excluding tert-OH is 2. The van der Waals surface area contributed by atoms with E-state index in [-0.39, 0.29) is 0 Å². The quantitative estimate of drug-likeness (QED) is 0.576. The Morgan fingerprint density at radius 2 is 2.28 bits per heavy atom. The van der Waals surface area contributed by atoms with Gasteiger partial charge in [0.05, 0.1) is 18.6 Å². The molecule has 3 unspecified atom stereocenters. The molecule has 1 aliphatic heterocycles. The summed E-state index contributed by atoms with van der Waals surface area (Å²) in [6, 6.07) is -0.0536. The highest BCUT2D eigenvalue weighted by molar-refractivity contribution is 5.19. The smallest absolute Gasteiger partial charge is 0.328 e. The average Bonchev–Trinajstić information content (AvgIpc) is 2.81. The summed E-state index contributed by atoms with van der Waals surface area (Å²) >= 11 is 0. The number of aromatic nitrogens is 2. The molecule has 18 heavy (non-hydrogen) atoms. The zero-order valence-electron chi connectivity index (χ0n) is 9.12. The van der Waals surface area contributed by atoms with Crippen LogP contribution < -0.4 is 11.2 Å². The molecule has 2 heterocycles. The van der Waals surface area contributed by atoms with E-state index in [1.54, 1.807) is 0 Å². The van der Waals surface area contributed by atoms with Crippen LogP contribution in [0, 0.1) is 5.92 Å². The molecule has 1 aromatic rings. The van der Waals surface area contributed by atoms with Crippen LogP contribution in [-0.2, 0) is 4.74 Å². The number of halogens is 1. The number of aromatic amines is 1. The number of alkyl halides is 1. The molecule has 0 amide bonds. The lowest BCUT2D eigenvalue weighted by molar-refractivity contribution is -0.121. The highest BCUT2D eigenvalue weighted by Gasteiger charge is 2.78. The molecule has 1 saturated carbocycles. The van der Waals surface area contributed by atoms with E-state index in [1.165, 1.54) is 0 Å². The molecule has 3 N–H and O–H groups in total. The molecule has 1 aromatic heterocycles. The molecule has 8 heteroatoms. The van der Waals surface area contributed by atoms with Crippen molar-refractivity contribution in [3.05, 3.63) is 33.1 Å². The predicted molar refractivity (Wildman–Crippen MR) is 55.7 cm³/mol. The Morgan fingerprint density at radius 1 is 1.56 bits per heavy atom. The van der Waals surface area contributed by atoms with Gasteiger partial charge in [0.25, 0.3) is 5.56 Å². The van der Waals surface area contributed by atoms with E-state index in [0.29, 0.717) is 4.57 Å². The molecule has 0 bridgehead atoms. The molecular formula is C10H11FN2O5. The van der Waals surface area contributed by atoms with E-state index >= 15 is 0 Å². The fraction of sp³-hybridized carbons (Fsp3) is 0.600. The van der Waals surface area contributed by atoms with Gasteiger partial charge >= 0.3 is 5.69 Å². The predicted octanol–water partition coefficient (Wildman–Crippen LogP) is -1.87. The monoisotopic (exact) mass is 258 g/mol. The van der Waals surface area contributed by atoms with Crippen molar-refractivity contribution < 1.29 is 19.3 Å². The zero-order chi connectivity index (χ0) is 13.1. The second-order valence-electron chi connectivity index (χ2n) is 4.49. The molecule has 2 fully saturated rings. The van der Waals surface area contributed by atoms with Crippen molar-refractivity contribution in [3.8, 4) is 0 Å². The third-order valence-electron chi connectivity index (χ3n) is 3.52. The number of nitrogens with one attached hydrogen (secondary N) is 1. The zero-order valence-corrected chi connectivity index (χ0v) is 9.12. The molecule has 0 radical (unpaired) electrons. The van der Waals surface area contributed by atoms with Gasteiger partial charge in [0.2, 0.25) is 5.85 Å². The first-order valence-corrected chi connectivity index (χ1v) is 5.46. The summed E-state index contributed by atoms with van der Waals surface area (Å²) in [5, 5.41) is 18.6. The fourth-order valence-electron chi connectivity index (χ4n) is 2.62. The molecule has 1 aliphatic carbocycles. The van der Waals surface area contributed by atoms with Crippen molar-refractivity contribution in [2.75, 3.05) is 6.61 Å². The third kappa shape index (κ3) is 1.27. The Bertz CT molecular complexity index is 570. The Hall–Kier alpha value is -1.51. The van der Waals surface area contributed by atoms with E-state index < -0.39 is 47.9 Å². The Labute approximate surface area is 99.4 Å². The maximum Gasteiger partial charge on any atom is 0.328 e.